The minimum Gasteiger partial charge on any atom is -0.385 e. The molecule has 224 valence electrons. The average molecular weight is 604 g/mol. The van der Waals surface area contributed by atoms with Gasteiger partial charge in [0.25, 0.3) is 20.0 Å². The molecule has 2 rings (SSSR count). The van der Waals surface area contributed by atoms with Crippen molar-refractivity contribution in [1.29, 1.82) is 0 Å². The summed E-state index contributed by atoms with van der Waals surface area (Å²) < 4.78 is 62.7. The van der Waals surface area contributed by atoms with Gasteiger partial charge in [-0.15, -0.1) is 11.3 Å². The fourth-order valence-electron chi connectivity index (χ4n) is 4.63. The summed E-state index contributed by atoms with van der Waals surface area (Å²) in [6.07, 6.45) is 20.2. The summed E-state index contributed by atoms with van der Waals surface area (Å²) in [6, 6.07) is 1.23. The number of unbranched alkanes of at least 4 members (excludes halogenated alkanes) is 10. The van der Waals surface area contributed by atoms with E-state index in [2.05, 4.69) is 28.8 Å². The molecule has 0 aromatic carbocycles. The van der Waals surface area contributed by atoms with Crippen molar-refractivity contribution in [1.82, 2.24) is 9.62 Å². The molecular weight excluding hydrogens is 555 g/mol. The number of hydrogen-bond acceptors (Lipinski definition) is 7. The minimum atomic E-state index is -3.95. The number of rotatable bonds is 21. The first-order valence-electron chi connectivity index (χ1n) is 14.6. The highest BCUT2D eigenvalue weighted by molar-refractivity contribution is 7.94. The fraction of sp³-hybridized carbons (Fsp3) is 0.750. The topological polar surface area (TPSA) is 105 Å². The predicted octanol–water partition coefficient (Wildman–Crippen LogP) is 6.46. The minimum absolute atomic E-state index is 0.0209. The molecule has 1 aromatic rings. The van der Waals surface area contributed by atoms with Crippen LogP contribution in [-0.2, 0) is 24.8 Å². The standard InChI is InChI=1S/C28H49N3O5S3/c1-4-6-7-8-9-10-11-12-13-14-15-16-17-18-20-30-38(32,33)27-23-25-26(29-5-2)24-31(21-19-22-36-3)39(34,35)28(25)37-27/h10-11,20,23,26,29H,4-9,12-19,21-22,24H2,1-3H3/b11-10+,30-20-/t26-/m0/s1. The molecule has 2 heterocycles. The summed E-state index contributed by atoms with van der Waals surface area (Å²) in [5, 5.41) is 3.30. The van der Waals surface area contributed by atoms with Crippen molar-refractivity contribution in [3.05, 3.63) is 23.8 Å². The quantitative estimate of drug-likeness (QED) is 0.0983. The summed E-state index contributed by atoms with van der Waals surface area (Å²) in [6.45, 7) is 5.87. The molecule has 1 N–H and O–H groups in total. The number of methoxy groups -OCH3 is 1. The molecule has 1 aliphatic rings. The normalized spacial score (nSPS) is 17.9. The first-order valence-corrected chi connectivity index (χ1v) is 18.3. The second-order valence-corrected chi connectivity index (χ2v) is 15.1. The maximum atomic E-state index is 13.2. The summed E-state index contributed by atoms with van der Waals surface area (Å²) >= 11 is 0.801. The van der Waals surface area contributed by atoms with Crippen molar-refractivity contribution in [3.63, 3.8) is 0 Å². The van der Waals surface area contributed by atoms with Crippen LogP contribution >= 0.6 is 11.3 Å². The number of allylic oxidation sites excluding steroid dienone is 2. The van der Waals surface area contributed by atoms with Crippen LogP contribution in [0, 0.1) is 0 Å². The van der Waals surface area contributed by atoms with Gasteiger partial charge in [0.15, 0.2) is 0 Å². The number of ether oxygens (including phenoxy) is 1. The number of hydrogen-bond donors (Lipinski definition) is 1. The van der Waals surface area contributed by atoms with Gasteiger partial charge in [0, 0.05) is 44.6 Å². The zero-order valence-corrected chi connectivity index (χ0v) is 26.5. The number of thiophene rings is 1. The third-order valence-corrected chi connectivity index (χ3v) is 12.1. The lowest BCUT2D eigenvalue weighted by Crippen LogP contribution is -2.43. The van der Waals surface area contributed by atoms with E-state index < -0.39 is 20.0 Å². The van der Waals surface area contributed by atoms with Crippen LogP contribution in [0.1, 0.15) is 109 Å². The smallest absolute Gasteiger partial charge is 0.291 e. The van der Waals surface area contributed by atoms with Crippen LogP contribution in [0.5, 0.6) is 0 Å². The number of nitrogens with zero attached hydrogens (tertiary/aromatic N) is 2. The van der Waals surface area contributed by atoms with Crippen molar-refractivity contribution < 1.29 is 21.6 Å². The predicted molar refractivity (Wildman–Crippen MR) is 162 cm³/mol. The molecule has 0 unspecified atom stereocenters. The molecule has 0 spiro atoms. The molecule has 0 amide bonds. The Hall–Kier alpha value is -1.11. The molecular formula is C28H49N3O5S3. The van der Waals surface area contributed by atoms with Gasteiger partial charge in [0.05, 0.1) is 0 Å². The Morgan fingerprint density at radius 2 is 1.67 bits per heavy atom. The largest absolute Gasteiger partial charge is 0.385 e. The van der Waals surface area contributed by atoms with Crippen molar-refractivity contribution in [2.45, 2.75) is 112 Å². The molecule has 0 aliphatic carbocycles. The van der Waals surface area contributed by atoms with Crippen LogP contribution in [0.4, 0.5) is 0 Å². The molecule has 0 saturated heterocycles. The molecule has 39 heavy (non-hydrogen) atoms. The molecule has 0 bridgehead atoms. The van der Waals surface area contributed by atoms with Crippen molar-refractivity contribution in [2.24, 2.45) is 4.40 Å². The lowest BCUT2D eigenvalue weighted by molar-refractivity contribution is 0.185. The highest BCUT2D eigenvalue weighted by Crippen LogP contribution is 2.40. The summed E-state index contributed by atoms with van der Waals surface area (Å²) in [4.78, 5) is 0. The van der Waals surface area contributed by atoms with E-state index in [0.717, 1.165) is 37.0 Å². The number of nitrogens with one attached hydrogen (secondary N) is 1. The SMILES string of the molecule is CCCCCC/C=C/CCCCCCC/C=N\S(=O)(=O)c1cc2c(s1)S(=O)(=O)N(CCCOC)C[C@@H]2NCC. The van der Waals surface area contributed by atoms with Gasteiger partial charge in [0.2, 0.25) is 0 Å². The van der Waals surface area contributed by atoms with Crippen LogP contribution < -0.4 is 5.32 Å². The lowest BCUT2D eigenvalue weighted by Gasteiger charge is -2.32. The highest BCUT2D eigenvalue weighted by atomic mass is 32.3. The Morgan fingerprint density at radius 1 is 1.03 bits per heavy atom. The van der Waals surface area contributed by atoms with Gasteiger partial charge in [0.1, 0.15) is 8.42 Å². The Kier molecular flexibility index (Phi) is 16.0. The molecule has 11 heteroatoms. The van der Waals surface area contributed by atoms with Gasteiger partial charge >= 0.3 is 0 Å². The fourth-order valence-corrected chi connectivity index (χ4v) is 9.41. The van der Waals surface area contributed by atoms with E-state index in [-0.39, 0.29) is 21.0 Å². The van der Waals surface area contributed by atoms with Crippen LogP contribution in [-0.4, -0.2) is 60.7 Å². The van der Waals surface area contributed by atoms with Gasteiger partial charge in [-0.2, -0.15) is 17.1 Å². The zero-order valence-electron chi connectivity index (χ0n) is 24.1. The van der Waals surface area contributed by atoms with Gasteiger partial charge < -0.3 is 10.1 Å². The summed E-state index contributed by atoms with van der Waals surface area (Å²) in [7, 11) is -6.14. The number of fused-ring (bicyclic) bond motifs is 1. The van der Waals surface area contributed by atoms with E-state index in [1.165, 1.54) is 61.5 Å². The average Bonchev–Trinajstić information content (AvgIpc) is 3.37. The first-order chi connectivity index (χ1) is 18.8. The monoisotopic (exact) mass is 603 g/mol. The number of sulfonamides is 2. The zero-order chi connectivity index (χ0) is 28.6. The molecule has 0 saturated carbocycles. The van der Waals surface area contributed by atoms with Crippen LogP contribution in [0.3, 0.4) is 0 Å². The molecule has 0 fully saturated rings. The Labute approximate surface area is 241 Å². The first kappa shape index (κ1) is 34.1. The Bertz CT molecular complexity index is 1100. The summed E-state index contributed by atoms with van der Waals surface area (Å²) in [5.74, 6) is 0. The number of likely N-dealkylation sites (N-methyl/N-ethyl adjacent to an activating group) is 1. The van der Waals surface area contributed by atoms with Gasteiger partial charge in [-0.05, 0) is 57.6 Å². The van der Waals surface area contributed by atoms with Gasteiger partial charge in [-0.3, -0.25) is 0 Å². The van der Waals surface area contributed by atoms with E-state index in [0.29, 0.717) is 38.1 Å². The molecule has 1 aromatic heterocycles. The van der Waals surface area contributed by atoms with Crippen molar-refractivity contribution in [3.8, 4) is 0 Å². The van der Waals surface area contributed by atoms with E-state index >= 15 is 0 Å². The maximum Gasteiger partial charge on any atom is 0.291 e. The van der Waals surface area contributed by atoms with Gasteiger partial charge in [-0.25, -0.2) is 8.42 Å². The van der Waals surface area contributed by atoms with Crippen molar-refractivity contribution in [2.75, 3.05) is 33.4 Å². The Balaban J connectivity index is 1.83. The maximum absolute atomic E-state index is 13.2. The molecule has 8 nitrogen and oxygen atoms in total. The molecule has 1 aliphatic heterocycles. The molecule has 0 radical (unpaired) electrons. The molecule has 1 atom stereocenters. The third kappa shape index (κ3) is 11.4. The van der Waals surface area contributed by atoms with Crippen LogP contribution in [0.25, 0.3) is 0 Å². The van der Waals surface area contributed by atoms with Crippen LogP contribution in [0.15, 0.2) is 31.0 Å². The van der Waals surface area contributed by atoms with Crippen molar-refractivity contribution >= 4 is 37.6 Å². The second kappa shape index (κ2) is 18.3. The van der Waals surface area contributed by atoms with E-state index in [1.807, 2.05) is 6.92 Å². The van der Waals surface area contributed by atoms with E-state index in [9.17, 15) is 16.8 Å². The van der Waals surface area contributed by atoms with Crippen LogP contribution in [0.2, 0.25) is 0 Å². The third-order valence-electron chi connectivity index (χ3n) is 6.81. The highest BCUT2D eigenvalue weighted by Gasteiger charge is 2.39. The summed E-state index contributed by atoms with van der Waals surface area (Å²) in [5.41, 5.74) is 0.518. The lowest BCUT2D eigenvalue weighted by atomic mass is 10.1. The second-order valence-electron chi connectivity index (χ2n) is 10.1. The van der Waals surface area contributed by atoms with E-state index in [1.54, 1.807) is 7.11 Å². The van der Waals surface area contributed by atoms with E-state index in [4.69, 9.17) is 4.74 Å². The van der Waals surface area contributed by atoms with Gasteiger partial charge in [-0.1, -0.05) is 64.5 Å². The Morgan fingerprint density at radius 3 is 2.31 bits per heavy atom.